The van der Waals surface area contributed by atoms with Crippen LogP contribution in [0.25, 0.3) is 0 Å². The lowest BCUT2D eigenvalue weighted by atomic mass is 10.0. The molecule has 1 saturated carbocycles. The average molecular weight is 255 g/mol. The van der Waals surface area contributed by atoms with Crippen LogP contribution in [0.1, 0.15) is 26.2 Å². The molecule has 0 spiro atoms. The molecule has 0 radical (unpaired) electrons. The van der Waals surface area contributed by atoms with Gasteiger partial charge in [0.15, 0.2) is 0 Å². The van der Waals surface area contributed by atoms with Crippen molar-refractivity contribution < 1.29 is 0 Å². The fourth-order valence-corrected chi connectivity index (χ4v) is 2.02. The minimum absolute atomic E-state index is 0.586. The van der Waals surface area contributed by atoms with Crippen LogP contribution in [0.5, 0.6) is 0 Å². The van der Waals surface area contributed by atoms with Gasteiger partial charge >= 0.3 is 0 Å². The molecule has 0 saturated heterocycles. The molecular weight excluding hydrogens is 240 g/mol. The van der Waals surface area contributed by atoms with Crippen molar-refractivity contribution in [2.24, 2.45) is 5.41 Å². The number of rotatable bonds is 4. The highest BCUT2D eigenvalue weighted by atomic mass is 79.9. The molecule has 1 aliphatic carbocycles. The monoisotopic (exact) mass is 254 g/mol. The van der Waals surface area contributed by atoms with Crippen molar-refractivity contribution in [3.05, 3.63) is 22.9 Å². The minimum Gasteiger partial charge on any atom is -0.383 e. The van der Waals surface area contributed by atoms with Gasteiger partial charge in [0.2, 0.25) is 0 Å². The lowest BCUT2D eigenvalue weighted by molar-refractivity contribution is 0.521. The second-order valence-corrected chi connectivity index (χ2v) is 4.92. The summed E-state index contributed by atoms with van der Waals surface area (Å²) in [4.78, 5) is 4.04. The van der Waals surface area contributed by atoms with E-state index in [0.717, 1.165) is 16.7 Å². The van der Waals surface area contributed by atoms with Gasteiger partial charge in [-0.3, -0.25) is 4.98 Å². The first-order chi connectivity index (χ1) is 6.76. The van der Waals surface area contributed by atoms with Gasteiger partial charge in [-0.15, -0.1) is 0 Å². The van der Waals surface area contributed by atoms with Crippen LogP contribution < -0.4 is 5.32 Å². The third-order valence-corrected chi connectivity index (χ3v) is 3.77. The number of pyridine rings is 1. The highest BCUT2D eigenvalue weighted by molar-refractivity contribution is 9.10. The van der Waals surface area contributed by atoms with Crippen molar-refractivity contribution in [3.8, 4) is 0 Å². The van der Waals surface area contributed by atoms with Crippen molar-refractivity contribution in [1.29, 1.82) is 0 Å². The topological polar surface area (TPSA) is 24.9 Å². The Morgan fingerprint density at radius 3 is 2.93 bits per heavy atom. The number of hydrogen-bond acceptors (Lipinski definition) is 2. The van der Waals surface area contributed by atoms with E-state index in [0.29, 0.717) is 5.41 Å². The molecule has 0 aliphatic heterocycles. The Kier molecular flexibility index (Phi) is 2.77. The Morgan fingerprint density at radius 2 is 2.36 bits per heavy atom. The first kappa shape index (κ1) is 9.97. The molecule has 0 unspecified atom stereocenters. The van der Waals surface area contributed by atoms with E-state index >= 15 is 0 Å². The van der Waals surface area contributed by atoms with E-state index in [4.69, 9.17) is 0 Å². The molecule has 0 bridgehead atoms. The van der Waals surface area contributed by atoms with Crippen molar-refractivity contribution in [1.82, 2.24) is 4.98 Å². The number of nitrogens with zero attached hydrogens (tertiary/aromatic N) is 1. The predicted molar refractivity (Wildman–Crippen MR) is 62.4 cm³/mol. The molecule has 1 heterocycles. The quantitative estimate of drug-likeness (QED) is 0.891. The molecule has 1 fully saturated rings. The van der Waals surface area contributed by atoms with Gasteiger partial charge in [-0.25, -0.2) is 0 Å². The summed E-state index contributed by atoms with van der Waals surface area (Å²) in [5.74, 6) is 0. The van der Waals surface area contributed by atoms with Crippen LogP contribution in [0.4, 0.5) is 5.69 Å². The van der Waals surface area contributed by atoms with Crippen LogP contribution >= 0.6 is 15.9 Å². The Labute approximate surface area is 93.3 Å². The zero-order valence-corrected chi connectivity index (χ0v) is 9.97. The summed E-state index contributed by atoms with van der Waals surface area (Å²) in [6.45, 7) is 3.36. The highest BCUT2D eigenvalue weighted by Gasteiger charge is 2.40. The molecule has 2 nitrogen and oxygen atoms in total. The van der Waals surface area contributed by atoms with Gasteiger partial charge in [-0.1, -0.05) is 6.92 Å². The van der Waals surface area contributed by atoms with Gasteiger partial charge in [0.25, 0.3) is 0 Å². The van der Waals surface area contributed by atoms with Crippen molar-refractivity contribution in [3.63, 3.8) is 0 Å². The third-order valence-electron chi connectivity index (χ3n) is 3.13. The fourth-order valence-electron chi connectivity index (χ4n) is 1.63. The number of halogens is 1. The smallest absolute Gasteiger partial charge is 0.0590 e. The van der Waals surface area contributed by atoms with Crippen LogP contribution in [0, 0.1) is 5.41 Å². The first-order valence-corrected chi connectivity index (χ1v) is 5.88. The molecule has 14 heavy (non-hydrogen) atoms. The lowest BCUT2D eigenvalue weighted by Gasteiger charge is -2.15. The summed E-state index contributed by atoms with van der Waals surface area (Å²) in [7, 11) is 0. The van der Waals surface area contributed by atoms with E-state index in [2.05, 4.69) is 33.2 Å². The number of aromatic nitrogens is 1. The number of hydrogen-bond donors (Lipinski definition) is 1. The normalized spacial score (nSPS) is 17.9. The van der Waals surface area contributed by atoms with Gasteiger partial charge < -0.3 is 5.32 Å². The van der Waals surface area contributed by atoms with Crippen LogP contribution in [0.2, 0.25) is 0 Å². The zero-order valence-electron chi connectivity index (χ0n) is 8.39. The summed E-state index contributed by atoms with van der Waals surface area (Å²) in [5, 5.41) is 3.48. The summed E-state index contributed by atoms with van der Waals surface area (Å²) in [6.07, 6.45) is 7.67. The number of anilines is 1. The SMILES string of the molecule is CCC1(CNc2ccncc2Br)CC1. The van der Waals surface area contributed by atoms with Crippen molar-refractivity contribution >= 4 is 21.6 Å². The molecule has 2 rings (SSSR count). The molecule has 76 valence electrons. The average Bonchev–Trinajstić information content (AvgIpc) is 2.98. The molecule has 1 aromatic heterocycles. The molecular formula is C11H15BrN2. The largest absolute Gasteiger partial charge is 0.383 e. The van der Waals surface area contributed by atoms with Gasteiger partial charge in [-0.05, 0) is 46.7 Å². The Morgan fingerprint density at radius 1 is 1.57 bits per heavy atom. The van der Waals surface area contributed by atoms with E-state index in [-0.39, 0.29) is 0 Å². The summed E-state index contributed by atoms with van der Waals surface area (Å²) < 4.78 is 1.05. The summed E-state index contributed by atoms with van der Waals surface area (Å²) in [5.41, 5.74) is 1.74. The van der Waals surface area contributed by atoms with Gasteiger partial charge in [0.05, 0.1) is 10.2 Å². The molecule has 0 aromatic carbocycles. The lowest BCUT2D eigenvalue weighted by Crippen LogP contribution is -2.14. The van der Waals surface area contributed by atoms with Crippen LogP contribution in [-0.2, 0) is 0 Å². The van der Waals surface area contributed by atoms with Gasteiger partial charge in [-0.2, -0.15) is 0 Å². The standard InChI is InChI=1S/C11H15BrN2/c1-2-11(4-5-11)8-14-10-3-6-13-7-9(10)12/h3,6-7H,2,4-5,8H2,1H3,(H,13,14). The van der Waals surface area contributed by atoms with Crippen molar-refractivity contribution in [2.75, 3.05) is 11.9 Å². The van der Waals surface area contributed by atoms with E-state index < -0.39 is 0 Å². The maximum atomic E-state index is 4.04. The Hall–Kier alpha value is -0.570. The molecule has 1 aliphatic rings. The molecule has 1 N–H and O–H groups in total. The van der Waals surface area contributed by atoms with E-state index in [1.54, 1.807) is 0 Å². The maximum absolute atomic E-state index is 4.04. The van der Waals surface area contributed by atoms with E-state index in [1.165, 1.54) is 19.3 Å². The van der Waals surface area contributed by atoms with Crippen LogP contribution in [0.15, 0.2) is 22.9 Å². The molecule has 1 aromatic rings. The highest BCUT2D eigenvalue weighted by Crippen LogP contribution is 2.48. The number of nitrogens with one attached hydrogen (secondary N) is 1. The van der Waals surface area contributed by atoms with Gasteiger partial charge in [0.1, 0.15) is 0 Å². The fraction of sp³-hybridized carbons (Fsp3) is 0.545. The maximum Gasteiger partial charge on any atom is 0.0590 e. The second-order valence-electron chi connectivity index (χ2n) is 4.06. The molecule has 3 heteroatoms. The summed E-state index contributed by atoms with van der Waals surface area (Å²) >= 11 is 3.48. The Bertz CT molecular complexity index is 321. The first-order valence-electron chi connectivity index (χ1n) is 5.09. The van der Waals surface area contributed by atoms with Gasteiger partial charge in [0, 0.05) is 18.9 Å². The van der Waals surface area contributed by atoms with E-state index in [1.807, 2.05) is 18.5 Å². The van der Waals surface area contributed by atoms with Crippen LogP contribution in [-0.4, -0.2) is 11.5 Å². The molecule has 0 amide bonds. The third kappa shape index (κ3) is 2.08. The molecule has 0 atom stereocenters. The predicted octanol–water partition coefficient (Wildman–Crippen LogP) is 3.45. The van der Waals surface area contributed by atoms with E-state index in [9.17, 15) is 0 Å². The summed E-state index contributed by atoms with van der Waals surface area (Å²) in [6, 6.07) is 2.01. The zero-order chi connectivity index (χ0) is 10.0. The van der Waals surface area contributed by atoms with Crippen molar-refractivity contribution in [2.45, 2.75) is 26.2 Å². The second kappa shape index (κ2) is 3.89. The minimum atomic E-state index is 0.586. The Balaban J connectivity index is 1.95. The van der Waals surface area contributed by atoms with Crippen LogP contribution in [0.3, 0.4) is 0 Å².